The molecule has 2 N–H and O–H groups in total. The molecule has 0 fully saturated rings. The van der Waals surface area contributed by atoms with Crippen LogP contribution in [0.1, 0.15) is 25.8 Å². The molecule has 0 aliphatic heterocycles. The summed E-state index contributed by atoms with van der Waals surface area (Å²) in [5, 5.41) is 12.9. The highest BCUT2D eigenvalue weighted by atomic mass is 35.5. The van der Waals surface area contributed by atoms with E-state index < -0.39 is 24.0 Å². The average Bonchev–Trinajstić information content (AvgIpc) is 2.47. The van der Waals surface area contributed by atoms with E-state index in [1.54, 1.807) is 24.3 Å². The number of hydrogen-bond acceptors (Lipinski definition) is 4. The number of carbonyl (C=O) groups is 2. The van der Waals surface area contributed by atoms with Gasteiger partial charge in [-0.3, -0.25) is 4.79 Å². The first kappa shape index (κ1) is 18.5. The quantitative estimate of drug-likeness (QED) is 0.751. The van der Waals surface area contributed by atoms with Gasteiger partial charge in [0.05, 0.1) is 7.11 Å². The summed E-state index contributed by atoms with van der Waals surface area (Å²) in [7, 11) is 1.25. The van der Waals surface area contributed by atoms with Gasteiger partial charge in [-0.25, -0.2) is 4.79 Å². The molecule has 0 bridgehead atoms. The summed E-state index contributed by atoms with van der Waals surface area (Å²) < 4.78 is 4.71. The smallest absolute Gasteiger partial charge is 0.328 e. The summed E-state index contributed by atoms with van der Waals surface area (Å²) in [4.78, 5) is 23.8. The van der Waals surface area contributed by atoms with Gasteiger partial charge in [0.25, 0.3) is 0 Å². The minimum Gasteiger partial charge on any atom is -0.467 e. The molecule has 22 heavy (non-hydrogen) atoms. The normalized spacial score (nSPS) is 13.5. The van der Waals surface area contributed by atoms with Gasteiger partial charge >= 0.3 is 5.97 Å². The van der Waals surface area contributed by atoms with E-state index in [0.29, 0.717) is 11.4 Å². The Hall–Kier alpha value is -1.59. The number of nitrogens with one attached hydrogen (secondary N) is 1. The summed E-state index contributed by atoms with van der Waals surface area (Å²) in [6, 6.07) is 6.17. The zero-order valence-electron chi connectivity index (χ0n) is 13.0. The Morgan fingerprint density at radius 2 is 1.95 bits per heavy atom. The van der Waals surface area contributed by atoms with Crippen LogP contribution in [0.2, 0.25) is 5.02 Å². The van der Waals surface area contributed by atoms with Crippen LogP contribution in [0.3, 0.4) is 0 Å². The van der Waals surface area contributed by atoms with E-state index in [0.717, 1.165) is 5.56 Å². The Morgan fingerprint density at radius 1 is 1.32 bits per heavy atom. The topological polar surface area (TPSA) is 75.6 Å². The highest BCUT2D eigenvalue weighted by Gasteiger charge is 2.26. The lowest BCUT2D eigenvalue weighted by Crippen LogP contribution is -2.47. The van der Waals surface area contributed by atoms with Crippen molar-refractivity contribution in [3.05, 3.63) is 34.9 Å². The molecule has 0 aromatic heterocycles. The minimum absolute atomic E-state index is 0.167. The fraction of sp³-hybridized carbons (Fsp3) is 0.500. The first-order chi connectivity index (χ1) is 10.3. The summed E-state index contributed by atoms with van der Waals surface area (Å²) in [5.41, 5.74) is 0.721. The zero-order valence-corrected chi connectivity index (χ0v) is 13.8. The van der Waals surface area contributed by atoms with Gasteiger partial charge in [-0.05, 0) is 24.0 Å². The Balaban J connectivity index is 2.79. The van der Waals surface area contributed by atoms with Crippen LogP contribution in [0.25, 0.3) is 0 Å². The van der Waals surface area contributed by atoms with Gasteiger partial charge in [0, 0.05) is 11.4 Å². The number of hydrogen-bond donors (Lipinski definition) is 2. The highest BCUT2D eigenvalue weighted by Crippen LogP contribution is 2.17. The van der Waals surface area contributed by atoms with E-state index in [-0.39, 0.29) is 12.3 Å². The zero-order chi connectivity index (χ0) is 16.7. The first-order valence-corrected chi connectivity index (χ1v) is 7.52. The second-order valence-corrected chi connectivity index (χ2v) is 5.93. The fourth-order valence-electron chi connectivity index (χ4n) is 2.04. The van der Waals surface area contributed by atoms with Crippen molar-refractivity contribution in [3.63, 3.8) is 0 Å². The van der Waals surface area contributed by atoms with Crippen molar-refractivity contribution in [1.82, 2.24) is 5.32 Å². The van der Waals surface area contributed by atoms with Gasteiger partial charge < -0.3 is 15.2 Å². The van der Waals surface area contributed by atoms with E-state index >= 15 is 0 Å². The van der Waals surface area contributed by atoms with Crippen LogP contribution < -0.4 is 5.32 Å². The third-order valence-corrected chi connectivity index (χ3v) is 3.55. The summed E-state index contributed by atoms with van der Waals surface area (Å²) in [6.07, 6.45) is -0.628. The van der Waals surface area contributed by atoms with Gasteiger partial charge in [-0.15, -0.1) is 0 Å². The molecular weight excluding hydrogens is 306 g/mol. The lowest BCUT2D eigenvalue weighted by molar-refractivity contribution is -0.146. The summed E-state index contributed by atoms with van der Waals surface area (Å²) >= 11 is 6.07. The molecule has 1 rings (SSSR count). The first-order valence-electron chi connectivity index (χ1n) is 7.14. The number of aliphatic hydroxyl groups excluding tert-OH is 1. The minimum atomic E-state index is -1.15. The molecular formula is C16H22ClNO4. The van der Waals surface area contributed by atoms with Gasteiger partial charge in [0.15, 0.2) is 0 Å². The molecule has 0 saturated heterocycles. The van der Waals surface area contributed by atoms with E-state index in [1.807, 2.05) is 13.8 Å². The number of esters is 1. The molecule has 2 atom stereocenters. The number of aliphatic hydroxyl groups is 1. The summed E-state index contributed by atoms with van der Waals surface area (Å²) in [6.45, 7) is 3.80. The molecule has 0 saturated carbocycles. The maximum atomic E-state index is 12.0. The van der Waals surface area contributed by atoms with Crippen molar-refractivity contribution in [2.24, 2.45) is 5.92 Å². The van der Waals surface area contributed by atoms with E-state index in [4.69, 9.17) is 16.3 Å². The van der Waals surface area contributed by atoms with Crippen molar-refractivity contribution >= 4 is 23.5 Å². The van der Waals surface area contributed by atoms with E-state index in [9.17, 15) is 14.7 Å². The molecule has 0 spiro atoms. The molecule has 122 valence electrons. The van der Waals surface area contributed by atoms with E-state index in [1.165, 1.54) is 7.11 Å². The molecule has 0 heterocycles. The molecule has 0 unspecified atom stereocenters. The second-order valence-electron chi connectivity index (χ2n) is 5.53. The van der Waals surface area contributed by atoms with Gasteiger partial charge in [-0.2, -0.15) is 0 Å². The molecule has 1 aromatic carbocycles. The SMILES string of the molecule is COC(=O)[C@H](Cc1ccccc1Cl)NC(=O)[C@H](O)CC(C)C. The molecule has 1 aromatic rings. The molecule has 1 amide bonds. The largest absolute Gasteiger partial charge is 0.467 e. The predicted octanol–water partition coefficient (Wildman–Crippen LogP) is 1.95. The Kier molecular flexibility index (Phi) is 7.35. The van der Waals surface area contributed by atoms with Crippen LogP contribution in [0.15, 0.2) is 24.3 Å². The third kappa shape index (κ3) is 5.66. The number of halogens is 1. The maximum Gasteiger partial charge on any atom is 0.328 e. The number of rotatable bonds is 7. The fourth-order valence-corrected chi connectivity index (χ4v) is 2.25. The van der Waals surface area contributed by atoms with Crippen LogP contribution in [-0.2, 0) is 20.7 Å². The lowest BCUT2D eigenvalue weighted by atomic mass is 10.0. The van der Waals surface area contributed by atoms with Crippen LogP contribution in [0, 0.1) is 5.92 Å². The molecule has 0 aliphatic carbocycles. The van der Waals surface area contributed by atoms with Crippen LogP contribution >= 0.6 is 11.6 Å². The average molecular weight is 328 g/mol. The van der Waals surface area contributed by atoms with Crippen molar-refractivity contribution in [1.29, 1.82) is 0 Å². The Morgan fingerprint density at radius 3 is 2.50 bits per heavy atom. The lowest BCUT2D eigenvalue weighted by Gasteiger charge is -2.20. The van der Waals surface area contributed by atoms with Crippen LogP contribution in [0.5, 0.6) is 0 Å². The number of ether oxygens (including phenoxy) is 1. The van der Waals surface area contributed by atoms with E-state index in [2.05, 4.69) is 5.32 Å². The number of benzene rings is 1. The number of methoxy groups -OCH3 is 1. The van der Waals surface area contributed by atoms with Gasteiger partial charge in [-0.1, -0.05) is 43.6 Å². The second kappa shape index (κ2) is 8.76. The van der Waals surface area contributed by atoms with Crippen molar-refractivity contribution in [2.45, 2.75) is 38.8 Å². The summed E-state index contributed by atoms with van der Waals surface area (Å²) in [5.74, 6) is -0.998. The van der Waals surface area contributed by atoms with Gasteiger partial charge in [0.1, 0.15) is 12.1 Å². The molecule has 5 nitrogen and oxygen atoms in total. The van der Waals surface area contributed by atoms with Crippen LogP contribution in [0.4, 0.5) is 0 Å². The monoisotopic (exact) mass is 327 g/mol. The predicted molar refractivity (Wildman–Crippen MR) is 84.6 cm³/mol. The number of amides is 1. The molecule has 0 aliphatic rings. The molecule has 6 heteroatoms. The van der Waals surface area contributed by atoms with Crippen molar-refractivity contribution < 1.29 is 19.4 Å². The number of carbonyl (C=O) groups excluding carboxylic acids is 2. The van der Waals surface area contributed by atoms with Crippen molar-refractivity contribution in [2.75, 3.05) is 7.11 Å². The Bertz CT molecular complexity index is 519. The Labute approximate surface area is 135 Å². The molecule has 0 radical (unpaired) electrons. The third-order valence-electron chi connectivity index (χ3n) is 3.18. The van der Waals surface area contributed by atoms with Gasteiger partial charge in [0.2, 0.25) is 5.91 Å². The van der Waals surface area contributed by atoms with Crippen molar-refractivity contribution in [3.8, 4) is 0 Å². The van der Waals surface area contributed by atoms with Crippen LogP contribution in [-0.4, -0.2) is 36.2 Å². The maximum absolute atomic E-state index is 12.0. The standard InChI is InChI=1S/C16H22ClNO4/c1-10(2)8-14(19)15(20)18-13(16(21)22-3)9-11-6-4-5-7-12(11)17/h4-7,10,13-14,19H,8-9H2,1-3H3,(H,18,20)/t13-,14+/m0/s1. The highest BCUT2D eigenvalue weighted by molar-refractivity contribution is 6.31.